The summed E-state index contributed by atoms with van der Waals surface area (Å²) >= 11 is 0.782. The number of hydrogen-bond donors (Lipinski definition) is 3. The van der Waals surface area contributed by atoms with Crippen LogP contribution in [0, 0.1) is 0 Å². The Hall–Kier alpha value is -3.03. The van der Waals surface area contributed by atoms with Gasteiger partial charge < -0.3 is 21.5 Å². The van der Waals surface area contributed by atoms with Gasteiger partial charge in [-0.25, -0.2) is 9.37 Å². The van der Waals surface area contributed by atoms with Crippen LogP contribution in [0.25, 0.3) is 10.6 Å². The number of carbonyl (C=O) groups excluding carboxylic acids is 1. The lowest BCUT2D eigenvalue weighted by Gasteiger charge is -2.17. The van der Waals surface area contributed by atoms with Gasteiger partial charge in [-0.05, 0) is 18.9 Å². The number of alkyl halides is 4. The Morgan fingerprint density at radius 3 is 2.76 bits per heavy atom. The number of nitrogen functional groups attached to an aromatic ring is 1. The number of nitrogens with two attached hydrogens (primary N) is 2. The number of nitrogens with zero attached hydrogens (tertiary/aromatic N) is 3. The maximum atomic E-state index is 13.9. The summed E-state index contributed by atoms with van der Waals surface area (Å²) in [6, 6.07) is 4.28. The third kappa shape index (κ3) is 4.76. The number of carbonyl (C=O) groups is 1. The van der Waals surface area contributed by atoms with Crippen LogP contribution in [-0.2, 0) is 18.0 Å². The number of nitrogens with one attached hydrogen (secondary N) is 1. The number of benzene rings is 1. The van der Waals surface area contributed by atoms with E-state index in [1.165, 1.54) is 29.1 Å². The molecule has 1 aliphatic rings. The van der Waals surface area contributed by atoms with Crippen molar-refractivity contribution in [3.63, 3.8) is 0 Å². The van der Waals surface area contributed by atoms with Crippen molar-refractivity contribution in [2.24, 2.45) is 12.8 Å². The molecule has 13 heteroatoms. The van der Waals surface area contributed by atoms with E-state index in [4.69, 9.17) is 16.2 Å². The molecule has 8 nitrogen and oxygen atoms in total. The minimum absolute atomic E-state index is 0.0305. The second-order valence-electron chi connectivity index (χ2n) is 7.88. The van der Waals surface area contributed by atoms with Crippen LogP contribution in [0.5, 0.6) is 0 Å². The topological polar surface area (TPSA) is 121 Å². The molecule has 1 fully saturated rings. The van der Waals surface area contributed by atoms with Crippen LogP contribution < -0.4 is 16.8 Å². The fourth-order valence-corrected chi connectivity index (χ4v) is 4.66. The molecular weight excluding hydrogens is 476 g/mol. The van der Waals surface area contributed by atoms with Crippen LogP contribution in [0.2, 0.25) is 0 Å². The monoisotopic (exact) mass is 498 g/mol. The van der Waals surface area contributed by atoms with E-state index >= 15 is 0 Å². The Kier molecular flexibility index (Phi) is 6.60. The zero-order chi connectivity index (χ0) is 24.6. The first-order valence-corrected chi connectivity index (χ1v) is 11.1. The molecule has 182 valence electrons. The number of ether oxygens (including phenoxy) is 1. The van der Waals surface area contributed by atoms with Crippen molar-refractivity contribution in [1.82, 2.24) is 14.8 Å². The van der Waals surface area contributed by atoms with E-state index in [0.717, 1.165) is 17.4 Å². The van der Waals surface area contributed by atoms with Crippen LogP contribution in [-0.4, -0.2) is 39.5 Å². The zero-order valence-corrected chi connectivity index (χ0v) is 18.8. The van der Waals surface area contributed by atoms with E-state index in [0.29, 0.717) is 24.2 Å². The third-order valence-electron chi connectivity index (χ3n) is 5.55. The first kappa shape index (κ1) is 24.1. The number of halogens is 4. The highest BCUT2D eigenvalue weighted by Crippen LogP contribution is 2.40. The van der Waals surface area contributed by atoms with Crippen molar-refractivity contribution < 1.29 is 27.1 Å². The molecule has 34 heavy (non-hydrogen) atoms. The summed E-state index contributed by atoms with van der Waals surface area (Å²) < 4.78 is 61.3. The second-order valence-corrected chi connectivity index (χ2v) is 8.91. The molecule has 1 amide bonds. The highest BCUT2D eigenvalue weighted by Gasteiger charge is 2.35. The molecular formula is C21H22F4N6O2S. The number of hydrogen-bond acceptors (Lipinski definition) is 7. The zero-order valence-electron chi connectivity index (χ0n) is 18.0. The van der Waals surface area contributed by atoms with Gasteiger partial charge >= 0.3 is 6.18 Å². The molecule has 0 bridgehead atoms. The minimum Gasteiger partial charge on any atom is -0.389 e. The predicted molar refractivity (Wildman–Crippen MR) is 119 cm³/mol. The normalized spacial score (nSPS) is 21.3. The van der Waals surface area contributed by atoms with E-state index in [1.54, 1.807) is 7.05 Å². The van der Waals surface area contributed by atoms with E-state index < -0.39 is 36.0 Å². The number of aromatic nitrogens is 3. The third-order valence-corrected chi connectivity index (χ3v) is 6.47. The van der Waals surface area contributed by atoms with Crippen molar-refractivity contribution in [2.75, 3.05) is 17.7 Å². The lowest BCUT2D eigenvalue weighted by molar-refractivity contribution is -0.137. The second kappa shape index (κ2) is 9.31. The number of anilines is 2. The van der Waals surface area contributed by atoms with Crippen molar-refractivity contribution in [3.05, 3.63) is 47.4 Å². The van der Waals surface area contributed by atoms with Crippen LogP contribution in [0.3, 0.4) is 0 Å². The lowest BCUT2D eigenvalue weighted by Crippen LogP contribution is -2.32. The lowest BCUT2D eigenvalue weighted by atomic mass is 10.0. The average Bonchev–Trinajstić information content (AvgIpc) is 3.30. The van der Waals surface area contributed by atoms with Gasteiger partial charge in [-0.15, -0.1) is 0 Å². The van der Waals surface area contributed by atoms with Gasteiger partial charge in [0.25, 0.3) is 5.91 Å². The van der Waals surface area contributed by atoms with Crippen LogP contribution in [0.4, 0.5) is 28.3 Å². The number of aryl methyl sites for hydroxylation is 1. The Bertz CT molecular complexity index is 1180. The van der Waals surface area contributed by atoms with E-state index in [-0.39, 0.29) is 27.9 Å². The number of thiazole rings is 1. The van der Waals surface area contributed by atoms with Gasteiger partial charge in [0.15, 0.2) is 5.69 Å². The van der Waals surface area contributed by atoms with Crippen LogP contribution in [0.15, 0.2) is 30.5 Å². The first-order valence-electron chi connectivity index (χ1n) is 10.3. The molecule has 2 aromatic heterocycles. The Morgan fingerprint density at radius 1 is 1.29 bits per heavy atom. The first-order chi connectivity index (χ1) is 16.1. The molecule has 0 saturated carbocycles. The van der Waals surface area contributed by atoms with E-state index in [2.05, 4.69) is 15.4 Å². The van der Waals surface area contributed by atoms with Gasteiger partial charge in [0.2, 0.25) is 0 Å². The van der Waals surface area contributed by atoms with Gasteiger partial charge in [-0.1, -0.05) is 29.5 Å². The molecule has 0 aliphatic carbocycles. The molecule has 1 saturated heterocycles. The molecule has 3 heterocycles. The quantitative estimate of drug-likeness (QED) is 0.469. The van der Waals surface area contributed by atoms with Gasteiger partial charge in [-0.3, -0.25) is 9.48 Å². The smallest absolute Gasteiger partial charge is 0.389 e. The summed E-state index contributed by atoms with van der Waals surface area (Å²) in [4.78, 5) is 17.0. The molecule has 1 aromatic carbocycles. The molecule has 3 atom stereocenters. The largest absolute Gasteiger partial charge is 0.417 e. The Labute approximate surface area is 195 Å². The Balaban J connectivity index is 1.60. The molecule has 0 radical (unpaired) electrons. The number of amides is 1. The van der Waals surface area contributed by atoms with E-state index in [9.17, 15) is 22.4 Å². The van der Waals surface area contributed by atoms with Crippen molar-refractivity contribution in [3.8, 4) is 10.6 Å². The van der Waals surface area contributed by atoms with E-state index in [1.807, 2.05) is 0 Å². The predicted octanol–water partition coefficient (Wildman–Crippen LogP) is 3.91. The van der Waals surface area contributed by atoms with Gasteiger partial charge in [0.1, 0.15) is 22.3 Å². The van der Waals surface area contributed by atoms with Crippen LogP contribution in [0.1, 0.15) is 40.7 Å². The van der Waals surface area contributed by atoms with Crippen molar-refractivity contribution in [1.29, 1.82) is 0 Å². The molecule has 5 N–H and O–H groups in total. The number of rotatable bonds is 4. The average molecular weight is 499 g/mol. The minimum atomic E-state index is -4.59. The fourth-order valence-electron chi connectivity index (χ4n) is 3.79. The van der Waals surface area contributed by atoms with Gasteiger partial charge in [-0.2, -0.15) is 18.3 Å². The summed E-state index contributed by atoms with van der Waals surface area (Å²) in [5, 5.41) is 6.73. The molecule has 0 spiro atoms. The fraction of sp³-hybridized carbons (Fsp3) is 0.381. The molecule has 4 rings (SSSR count). The summed E-state index contributed by atoms with van der Waals surface area (Å²) in [6.07, 6.45) is -4.26. The highest BCUT2D eigenvalue weighted by atomic mass is 32.1. The summed E-state index contributed by atoms with van der Waals surface area (Å²) in [5.41, 5.74) is 11.3. The summed E-state index contributed by atoms with van der Waals surface area (Å²) in [6.45, 7) is -0.189. The summed E-state index contributed by atoms with van der Waals surface area (Å²) in [5.74, 6) is -0.715. The maximum absolute atomic E-state index is 13.9. The SMILES string of the molecule is Cn1ncc(NC(=O)c2nc(-c3ccccc3C(F)(F)F)sc2N)c1[C@@H]1CC[C@@H](N)[C@H](F)CO1. The highest BCUT2D eigenvalue weighted by molar-refractivity contribution is 7.19. The summed E-state index contributed by atoms with van der Waals surface area (Å²) in [7, 11) is 1.65. The van der Waals surface area contributed by atoms with Crippen molar-refractivity contribution in [2.45, 2.75) is 37.3 Å². The van der Waals surface area contributed by atoms with Gasteiger partial charge in [0, 0.05) is 18.7 Å². The maximum Gasteiger partial charge on any atom is 0.417 e. The standard InChI is InChI=1S/C21H22F4N6O2S/c1-31-17(15-7-6-13(26)12(22)9-33-15)14(8-28-31)29-19(32)16-18(27)34-20(30-16)10-4-2-3-5-11(10)21(23,24)25/h2-5,8,12-13,15H,6-7,9,26-27H2,1H3,(H,29,32)/t12-,13-,15+/m1/s1. The molecule has 0 unspecified atom stereocenters. The Morgan fingerprint density at radius 2 is 2.03 bits per heavy atom. The molecule has 3 aromatic rings. The van der Waals surface area contributed by atoms with Crippen LogP contribution >= 0.6 is 11.3 Å². The molecule has 1 aliphatic heterocycles. The van der Waals surface area contributed by atoms with Gasteiger partial charge in [0.05, 0.1) is 29.7 Å². The van der Waals surface area contributed by atoms with Crippen molar-refractivity contribution >= 4 is 27.9 Å².